The van der Waals surface area contributed by atoms with Crippen LogP contribution in [0.5, 0.6) is 5.75 Å². The highest BCUT2D eigenvalue weighted by Crippen LogP contribution is 2.19. The molecule has 0 amide bonds. The van der Waals surface area contributed by atoms with Crippen LogP contribution >= 0.6 is 0 Å². The van der Waals surface area contributed by atoms with Gasteiger partial charge in [-0.25, -0.2) is 0 Å². The molecule has 1 rings (SSSR count). The molecule has 0 radical (unpaired) electrons. The van der Waals surface area contributed by atoms with Crippen molar-refractivity contribution in [3.8, 4) is 5.75 Å². The molecule has 1 atom stereocenters. The van der Waals surface area contributed by atoms with Crippen LogP contribution < -0.4 is 10.1 Å². The van der Waals surface area contributed by atoms with Gasteiger partial charge in [-0.3, -0.25) is 0 Å². The molecule has 0 aromatic heterocycles. The van der Waals surface area contributed by atoms with Crippen molar-refractivity contribution in [1.29, 1.82) is 0 Å². The highest BCUT2D eigenvalue weighted by atomic mass is 19.4. The number of benzene rings is 1. The Morgan fingerprint density at radius 3 is 2.47 bits per heavy atom. The Hall–Kier alpha value is -1.27. The topological polar surface area (TPSA) is 41.5 Å². The molecule has 0 aliphatic heterocycles. The number of ether oxygens (including phenoxy) is 1. The molecular weight excluding hydrogens is 235 g/mol. The Balaban J connectivity index is 2.09. The number of para-hydroxylation sites is 1. The number of halogens is 3. The zero-order valence-corrected chi connectivity index (χ0v) is 9.07. The zero-order valence-electron chi connectivity index (χ0n) is 9.07. The van der Waals surface area contributed by atoms with Crippen molar-refractivity contribution >= 4 is 0 Å². The molecule has 1 aromatic rings. The maximum absolute atomic E-state index is 11.9. The first-order valence-electron chi connectivity index (χ1n) is 5.13. The van der Waals surface area contributed by atoms with Gasteiger partial charge in [-0.05, 0) is 12.1 Å². The highest BCUT2D eigenvalue weighted by Gasteiger charge is 2.37. The normalized spacial score (nSPS) is 13.4. The summed E-state index contributed by atoms with van der Waals surface area (Å²) in [6.45, 7) is -0.0434. The Labute approximate surface area is 97.2 Å². The molecule has 0 aliphatic carbocycles. The highest BCUT2D eigenvalue weighted by molar-refractivity contribution is 5.20. The molecule has 0 fully saturated rings. The molecule has 0 saturated carbocycles. The maximum Gasteiger partial charge on any atom is 0.415 e. The lowest BCUT2D eigenvalue weighted by Crippen LogP contribution is -2.39. The van der Waals surface area contributed by atoms with Crippen LogP contribution in [0.4, 0.5) is 13.2 Å². The third-order valence-corrected chi connectivity index (χ3v) is 2.01. The predicted molar refractivity (Wildman–Crippen MR) is 56.9 cm³/mol. The van der Waals surface area contributed by atoms with Crippen molar-refractivity contribution < 1.29 is 23.0 Å². The van der Waals surface area contributed by atoms with Gasteiger partial charge in [0.1, 0.15) is 12.4 Å². The summed E-state index contributed by atoms with van der Waals surface area (Å²) in [5, 5.41) is 11.1. The van der Waals surface area contributed by atoms with Crippen LogP contribution in [0.1, 0.15) is 0 Å². The van der Waals surface area contributed by atoms with Crippen LogP contribution in [0.15, 0.2) is 30.3 Å². The van der Waals surface area contributed by atoms with Crippen LogP contribution in [0.3, 0.4) is 0 Å². The molecule has 0 spiro atoms. The molecule has 0 heterocycles. The second kappa shape index (κ2) is 6.46. The van der Waals surface area contributed by atoms with Crippen molar-refractivity contribution in [3.63, 3.8) is 0 Å². The second-order valence-electron chi connectivity index (χ2n) is 3.42. The molecule has 1 aromatic carbocycles. The minimum atomic E-state index is -4.58. The summed E-state index contributed by atoms with van der Waals surface area (Å²) in [7, 11) is 0. The van der Waals surface area contributed by atoms with E-state index in [4.69, 9.17) is 9.84 Å². The van der Waals surface area contributed by atoms with E-state index in [1.807, 2.05) is 6.07 Å². The quantitative estimate of drug-likeness (QED) is 0.752. The number of nitrogens with one attached hydrogen (secondary N) is 1. The third-order valence-electron chi connectivity index (χ3n) is 2.01. The Morgan fingerprint density at radius 2 is 1.88 bits per heavy atom. The van der Waals surface area contributed by atoms with Gasteiger partial charge in [-0.15, -0.1) is 0 Å². The standard InChI is InChI=1S/C11H14F3NO2/c12-11(13,14)10(16)8-15-6-7-17-9-4-2-1-3-5-9/h1-5,10,15-16H,6-8H2. The smallest absolute Gasteiger partial charge is 0.415 e. The van der Waals surface area contributed by atoms with Crippen molar-refractivity contribution in [2.45, 2.75) is 12.3 Å². The Kier molecular flexibility index (Phi) is 5.24. The molecular formula is C11H14F3NO2. The first kappa shape index (κ1) is 13.8. The SMILES string of the molecule is OC(CNCCOc1ccccc1)C(F)(F)F. The number of hydrogen-bond donors (Lipinski definition) is 2. The van der Waals surface area contributed by atoms with Crippen LogP contribution in [0.2, 0.25) is 0 Å². The van der Waals surface area contributed by atoms with Crippen LogP contribution in [-0.2, 0) is 0 Å². The average Bonchev–Trinajstić information content (AvgIpc) is 2.28. The molecule has 96 valence electrons. The zero-order chi connectivity index (χ0) is 12.7. The third kappa shape index (κ3) is 5.55. The van der Waals surface area contributed by atoms with E-state index in [-0.39, 0.29) is 13.2 Å². The molecule has 6 heteroatoms. The van der Waals surface area contributed by atoms with E-state index in [1.54, 1.807) is 24.3 Å². The van der Waals surface area contributed by atoms with E-state index < -0.39 is 18.8 Å². The van der Waals surface area contributed by atoms with E-state index in [0.717, 1.165) is 0 Å². The van der Waals surface area contributed by atoms with Gasteiger partial charge in [-0.2, -0.15) is 13.2 Å². The van der Waals surface area contributed by atoms with Gasteiger partial charge in [0.2, 0.25) is 0 Å². The molecule has 0 bridgehead atoms. The van der Waals surface area contributed by atoms with Gasteiger partial charge in [-0.1, -0.05) is 18.2 Å². The van der Waals surface area contributed by atoms with Gasteiger partial charge in [0.05, 0.1) is 0 Å². The minimum absolute atomic E-state index is 0.238. The summed E-state index contributed by atoms with van der Waals surface area (Å²) in [6.07, 6.45) is -6.91. The lowest BCUT2D eigenvalue weighted by atomic mass is 10.3. The van der Waals surface area contributed by atoms with Crippen LogP contribution in [-0.4, -0.2) is 37.1 Å². The minimum Gasteiger partial charge on any atom is -0.492 e. The van der Waals surface area contributed by atoms with E-state index in [9.17, 15) is 13.2 Å². The van der Waals surface area contributed by atoms with Gasteiger partial charge in [0, 0.05) is 13.1 Å². The fourth-order valence-electron chi connectivity index (χ4n) is 1.11. The summed E-state index contributed by atoms with van der Waals surface area (Å²) in [5.74, 6) is 0.658. The summed E-state index contributed by atoms with van der Waals surface area (Å²) in [4.78, 5) is 0. The Bertz CT molecular complexity index is 316. The summed E-state index contributed by atoms with van der Waals surface area (Å²) in [5.41, 5.74) is 0. The van der Waals surface area contributed by atoms with Crippen LogP contribution in [0, 0.1) is 0 Å². The molecule has 2 N–H and O–H groups in total. The maximum atomic E-state index is 11.9. The first-order valence-corrected chi connectivity index (χ1v) is 5.13. The number of aliphatic hydroxyl groups excluding tert-OH is 1. The fraction of sp³-hybridized carbons (Fsp3) is 0.455. The number of hydrogen-bond acceptors (Lipinski definition) is 3. The summed E-state index contributed by atoms with van der Waals surface area (Å²) < 4.78 is 41.0. The predicted octanol–water partition coefficient (Wildman–Crippen LogP) is 1.58. The molecule has 0 aliphatic rings. The lowest BCUT2D eigenvalue weighted by Gasteiger charge is -2.15. The summed E-state index contributed by atoms with van der Waals surface area (Å²) in [6, 6.07) is 8.95. The average molecular weight is 249 g/mol. The summed E-state index contributed by atoms with van der Waals surface area (Å²) >= 11 is 0. The molecule has 0 saturated heterocycles. The van der Waals surface area contributed by atoms with Crippen molar-refractivity contribution in [2.24, 2.45) is 0 Å². The van der Waals surface area contributed by atoms with E-state index >= 15 is 0 Å². The van der Waals surface area contributed by atoms with E-state index in [1.165, 1.54) is 0 Å². The van der Waals surface area contributed by atoms with Gasteiger partial charge in [0.15, 0.2) is 6.10 Å². The van der Waals surface area contributed by atoms with Gasteiger partial charge in [0.25, 0.3) is 0 Å². The molecule has 3 nitrogen and oxygen atoms in total. The van der Waals surface area contributed by atoms with Crippen molar-refractivity contribution in [1.82, 2.24) is 5.32 Å². The van der Waals surface area contributed by atoms with E-state index in [2.05, 4.69) is 5.32 Å². The van der Waals surface area contributed by atoms with Crippen molar-refractivity contribution in [2.75, 3.05) is 19.7 Å². The van der Waals surface area contributed by atoms with Gasteiger partial charge < -0.3 is 15.2 Å². The molecule has 1 unspecified atom stereocenters. The Morgan fingerprint density at radius 1 is 1.24 bits per heavy atom. The molecule has 17 heavy (non-hydrogen) atoms. The monoisotopic (exact) mass is 249 g/mol. The number of rotatable bonds is 6. The number of aliphatic hydroxyl groups is 1. The number of alkyl halides is 3. The second-order valence-corrected chi connectivity index (χ2v) is 3.42. The largest absolute Gasteiger partial charge is 0.492 e. The first-order chi connectivity index (χ1) is 8.00. The lowest BCUT2D eigenvalue weighted by molar-refractivity contribution is -0.201. The van der Waals surface area contributed by atoms with Crippen LogP contribution in [0.25, 0.3) is 0 Å². The fourth-order valence-corrected chi connectivity index (χ4v) is 1.11. The van der Waals surface area contributed by atoms with E-state index in [0.29, 0.717) is 5.75 Å². The van der Waals surface area contributed by atoms with Crippen molar-refractivity contribution in [3.05, 3.63) is 30.3 Å². The van der Waals surface area contributed by atoms with Gasteiger partial charge >= 0.3 is 6.18 Å².